The highest BCUT2D eigenvalue weighted by molar-refractivity contribution is 5.87. The van der Waals surface area contributed by atoms with Crippen molar-refractivity contribution in [1.29, 1.82) is 0 Å². The second kappa shape index (κ2) is 3.83. The Morgan fingerprint density at radius 3 is 3.00 bits per heavy atom. The lowest BCUT2D eigenvalue weighted by Crippen LogP contribution is -2.28. The van der Waals surface area contributed by atoms with Gasteiger partial charge in [0.2, 0.25) is 0 Å². The molecule has 0 bridgehead atoms. The molecule has 0 radical (unpaired) electrons. The maximum Gasteiger partial charge on any atom is 0.0608 e. The van der Waals surface area contributed by atoms with E-state index in [0.29, 0.717) is 5.92 Å². The van der Waals surface area contributed by atoms with E-state index in [9.17, 15) is 5.11 Å². The molecule has 1 N–H and O–H groups in total. The molecule has 2 unspecified atom stereocenters. The molecule has 1 fully saturated rings. The Hall–Kier alpha value is -1.34. The van der Waals surface area contributed by atoms with Crippen LogP contribution in [-0.2, 0) is 6.42 Å². The van der Waals surface area contributed by atoms with Gasteiger partial charge in [0.15, 0.2) is 0 Å². The van der Waals surface area contributed by atoms with Gasteiger partial charge in [-0.05, 0) is 54.4 Å². The van der Waals surface area contributed by atoms with E-state index < -0.39 is 0 Å². The molecule has 0 amide bonds. The first-order valence-corrected chi connectivity index (χ1v) is 7.03. The maximum absolute atomic E-state index is 10.2. The molecule has 1 aromatic carbocycles. The molecule has 1 heteroatoms. The second-order valence-corrected chi connectivity index (χ2v) is 5.76. The number of rotatable bonds is 0. The summed E-state index contributed by atoms with van der Waals surface area (Å²) in [5.74, 6) is 0.409. The Balaban J connectivity index is 1.84. The van der Waals surface area contributed by atoms with Crippen LogP contribution in [0.25, 0.3) is 5.57 Å². The van der Waals surface area contributed by atoms with Crippen LogP contribution in [0.5, 0.6) is 0 Å². The summed E-state index contributed by atoms with van der Waals surface area (Å²) in [5, 5.41) is 10.2. The molecule has 1 nitrogen and oxygen atoms in total. The predicted molar refractivity (Wildman–Crippen MR) is 73.1 cm³/mol. The highest BCUT2D eigenvalue weighted by Gasteiger charge is 2.35. The summed E-state index contributed by atoms with van der Waals surface area (Å²) in [7, 11) is 0. The van der Waals surface area contributed by atoms with Crippen molar-refractivity contribution >= 4 is 5.57 Å². The van der Waals surface area contributed by atoms with E-state index >= 15 is 0 Å². The minimum absolute atomic E-state index is 0.109. The monoisotopic (exact) mass is 238 g/mol. The summed E-state index contributed by atoms with van der Waals surface area (Å²) < 4.78 is 0. The fourth-order valence-corrected chi connectivity index (χ4v) is 3.94. The van der Waals surface area contributed by atoms with Gasteiger partial charge in [-0.25, -0.2) is 0 Å². The average Bonchev–Trinajstić information content (AvgIpc) is 2.78. The standard InChI is InChI=1S/C17H18O/c18-17-7-3-6-13-15(17)9-8-14-12-5-2-1-4-11(12)10-16(13)14/h1-2,4-5,8,15,17-18H,3,6-7,9-10H2. The Morgan fingerprint density at radius 1 is 1.17 bits per heavy atom. The molecule has 3 aliphatic rings. The summed E-state index contributed by atoms with van der Waals surface area (Å²) in [4.78, 5) is 0. The van der Waals surface area contributed by atoms with Crippen molar-refractivity contribution in [3.8, 4) is 0 Å². The maximum atomic E-state index is 10.2. The molecular formula is C17H18O. The van der Waals surface area contributed by atoms with Gasteiger partial charge in [-0.15, -0.1) is 0 Å². The quantitative estimate of drug-likeness (QED) is 0.733. The third-order valence-electron chi connectivity index (χ3n) is 4.82. The number of aliphatic hydroxyl groups excluding tert-OH is 1. The van der Waals surface area contributed by atoms with Gasteiger partial charge >= 0.3 is 0 Å². The van der Waals surface area contributed by atoms with Crippen molar-refractivity contribution in [2.75, 3.05) is 0 Å². The van der Waals surface area contributed by atoms with Gasteiger partial charge in [-0.1, -0.05) is 35.9 Å². The summed E-state index contributed by atoms with van der Waals surface area (Å²) >= 11 is 0. The number of fused-ring (bicyclic) bond motifs is 4. The molecule has 18 heavy (non-hydrogen) atoms. The van der Waals surface area contributed by atoms with Crippen LogP contribution in [0.4, 0.5) is 0 Å². The molecule has 0 heterocycles. The molecule has 3 aliphatic carbocycles. The lowest BCUT2D eigenvalue weighted by Gasteiger charge is -2.34. The first kappa shape index (κ1) is 10.6. The average molecular weight is 238 g/mol. The van der Waals surface area contributed by atoms with Gasteiger partial charge in [0.25, 0.3) is 0 Å². The van der Waals surface area contributed by atoms with Crippen LogP contribution in [0.15, 0.2) is 41.5 Å². The fraction of sp³-hybridized carbons (Fsp3) is 0.412. The zero-order chi connectivity index (χ0) is 12.1. The molecule has 0 saturated heterocycles. The van der Waals surface area contributed by atoms with Crippen LogP contribution in [-0.4, -0.2) is 11.2 Å². The Morgan fingerprint density at radius 2 is 2.06 bits per heavy atom. The van der Waals surface area contributed by atoms with E-state index in [1.807, 2.05) is 0 Å². The number of benzene rings is 1. The molecule has 1 saturated carbocycles. The first-order valence-electron chi connectivity index (χ1n) is 7.03. The molecule has 4 rings (SSSR count). The summed E-state index contributed by atoms with van der Waals surface area (Å²) in [6, 6.07) is 8.76. The van der Waals surface area contributed by atoms with Crippen LogP contribution >= 0.6 is 0 Å². The van der Waals surface area contributed by atoms with Crippen molar-refractivity contribution < 1.29 is 5.11 Å². The second-order valence-electron chi connectivity index (χ2n) is 5.76. The third-order valence-corrected chi connectivity index (χ3v) is 4.82. The van der Waals surface area contributed by atoms with Crippen molar-refractivity contribution in [2.45, 2.75) is 38.2 Å². The summed E-state index contributed by atoms with van der Waals surface area (Å²) in [6.07, 6.45) is 7.71. The Labute approximate surface area is 108 Å². The SMILES string of the molecule is OC1CCCC2=C3Cc4ccccc4C3=CCC21. The van der Waals surface area contributed by atoms with Crippen molar-refractivity contribution in [2.24, 2.45) is 5.92 Å². The van der Waals surface area contributed by atoms with E-state index in [0.717, 1.165) is 25.7 Å². The van der Waals surface area contributed by atoms with Gasteiger partial charge in [0, 0.05) is 5.92 Å². The highest BCUT2D eigenvalue weighted by Crippen LogP contribution is 2.47. The van der Waals surface area contributed by atoms with Crippen molar-refractivity contribution in [1.82, 2.24) is 0 Å². The predicted octanol–water partition coefficient (Wildman–Crippen LogP) is 3.49. The third kappa shape index (κ3) is 1.37. The largest absolute Gasteiger partial charge is 0.392 e. The van der Waals surface area contributed by atoms with Crippen molar-refractivity contribution in [3.63, 3.8) is 0 Å². The zero-order valence-corrected chi connectivity index (χ0v) is 10.5. The molecule has 0 aliphatic heterocycles. The van der Waals surface area contributed by atoms with Crippen LogP contribution in [0.1, 0.15) is 36.8 Å². The summed E-state index contributed by atoms with van der Waals surface area (Å²) in [6.45, 7) is 0. The Bertz CT molecular complexity index is 565. The lowest BCUT2D eigenvalue weighted by atomic mass is 9.73. The molecule has 0 spiro atoms. The number of aliphatic hydroxyl groups is 1. The van der Waals surface area contributed by atoms with Gasteiger partial charge in [-0.3, -0.25) is 0 Å². The van der Waals surface area contributed by atoms with E-state index in [-0.39, 0.29) is 6.10 Å². The van der Waals surface area contributed by atoms with Crippen molar-refractivity contribution in [3.05, 3.63) is 52.6 Å². The Kier molecular flexibility index (Phi) is 2.25. The van der Waals surface area contributed by atoms with Crippen LogP contribution in [0.3, 0.4) is 0 Å². The van der Waals surface area contributed by atoms with Gasteiger partial charge in [-0.2, -0.15) is 0 Å². The highest BCUT2D eigenvalue weighted by atomic mass is 16.3. The lowest BCUT2D eigenvalue weighted by molar-refractivity contribution is 0.0977. The minimum Gasteiger partial charge on any atom is -0.392 e. The molecule has 92 valence electrons. The molecular weight excluding hydrogens is 220 g/mol. The van der Waals surface area contributed by atoms with E-state index in [1.165, 1.54) is 28.7 Å². The van der Waals surface area contributed by atoms with Gasteiger partial charge < -0.3 is 5.11 Å². The first-order chi connectivity index (χ1) is 8.84. The summed E-state index contributed by atoms with van der Waals surface area (Å²) in [5.41, 5.74) is 7.45. The number of hydrogen-bond donors (Lipinski definition) is 1. The zero-order valence-electron chi connectivity index (χ0n) is 10.5. The van der Waals surface area contributed by atoms with Crippen LogP contribution in [0.2, 0.25) is 0 Å². The molecule has 1 aromatic rings. The van der Waals surface area contributed by atoms with E-state index in [2.05, 4.69) is 30.3 Å². The number of hydrogen-bond acceptors (Lipinski definition) is 1. The minimum atomic E-state index is -0.109. The van der Waals surface area contributed by atoms with Crippen LogP contribution in [0, 0.1) is 5.92 Å². The van der Waals surface area contributed by atoms with E-state index in [4.69, 9.17) is 0 Å². The van der Waals surface area contributed by atoms with Crippen LogP contribution < -0.4 is 0 Å². The smallest absolute Gasteiger partial charge is 0.0608 e. The van der Waals surface area contributed by atoms with Gasteiger partial charge in [0.1, 0.15) is 0 Å². The van der Waals surface area contributed by atoms with Gasteiger partial charge in [0.05, 0.1) is 6.10 Å². The normalized spacial score (nSPS) is 29.5. The molecule has 2 atom stereocenters. The fourth-order valence-electron chi connectivity index (χ4n) is 3.94. The van der Waals surface area contributed by atoms with E-state index in [1.54, 1.807) is 5.57 Å². The molecule has 0 aromatic heterocycles. The number of allylic oxidation sites excluding steroid dienone is 3. The topological polar surface area (TPSA) is 20.2 Å².